The third kappa shape index (κ3) is 2.97. The Morgan fingerprint density at radius 1 is 1.41 bits per heavy atom. The molecule has 0 amide bonds. The summed E-state index contributed by atoms with van der Waals surface area (Å²) in [4.78, 5) is 11.0. The van der Waals surface area contributed by atoms with Crippen molar-refractivity contribution < 1.29 is 27.8 Å². The topological polar surface area (TPSA) is 46.5 Å². The molecule has 0 bridgehead atoms. The minimum atomic E-state index is -2.53. The SMILES string of the molecule is CCOC(=O)C(F)C(O)c1c(F)cccc1F. The second-order valence-corrected chi connectivity index (χ2v) is 3.23. The lowest BCUT2D eigenvalue weighted by Crippen LogP contribution is -2.27. The quantitative estimate of drug-likeness (QED) is 0.828. The minimum Gasteiger partial charge on any atom is -0.464 e. The smallest absolute Gasteiger partial charge is 0.343 e. The Morgan fingerprint density at radius 3 is 2.41 bits per heavy atom. The van der Waals surface area contributed by atoms with E-state index in [1.807, 2.05) is 0 Å². The zero-order valence-corrected chi connectivity index (χ0v) is 8.99. The maximum atomic E-state index is 13.4. The van der Waals surface area contributed by atoms with Crippen molar-refractivity contribution in [3.63, 3.8) is 0 Å². The number of aliphatic hydroxyl groups excluding tert-OH is 1. The van der Waals surface area contributed by atoms with E-state index in [1.54, 1.807) is 0 Å². The number of benzene rings is 1. The average Bonchev–Trinajstić information content (AvgIpc) is 2.27. The summed E-state index contributed by atoms with van der Waals surface area (Å²) in [5.41, 5.74) is -0.881. The fraction of sp³-hybridized carbons (Fsp3) is 0.364. The van der Waals surface area contributed by atoms with Crippen LogP contribution in [0.15, 0.2) is 18.2 Å². The third-order valence-electron chi connectivity index (χ3n) is 2.08. The van der Waals surface area contributed by atoms with E-state index in [-0.39, 0.29) is 6.61 Å². The molecule has 2 atom stereocenters. The predicted octanol–water partition coefficient (Wildman–Crippen LogP) is 1.90. The molecule has 0 aliphatic carbocycles. The maximum absolute atomic E-state index is 13.4. The van der Waals surface area contributed by atoms with Gasteiger partial charge in [0.15, 0.2) is 0 Å². The van der Waals surface area contributed by atoms with Gasteiger partial charge in [-0.15, -0.1) is 0 Å². The summed E-state index contributed by atoms with van der Waals surface area (Å²) in [5, 5.41) is 9.39. The van der Waals surface area contributed by atoms with Crippen LogP contribution < -0.4 is 0 Å². The van der Waals surface area contributed by atoms with E-state index in [9.17, 15) is 23.1 Å². The molecule has 0 saturated carbocycles. The van der Waals surface area contributed by atoms with Crippen LogP contribution >= 0.6 is 0 Å². The molecule has 1 aromatic carbocycles. The number of ether oxygens (including phenoxy) is 1. The van der Waals surface area contributed by atoms with Crippen LogP contribution in [-0.4, -0.2) is 23.9 Å². The van der Waals surface area contributed by atoms with E-state index in [0.29, 0.717) is 0 Å². The Kier molecular flexibility index (Phi) is 4.51. The highest BCUT2D eigenvalue weighted by molar-refractivity contribution is 5.75. The molecule has 6 heteroatoms. The van der Waals surface area contributed by atoms with Crippen molar-refractivity contribution in [2.75, 3.05) is 6.61 Å². The molecule has 94 valence electrons. The lowest BCUT2D eigenvalue weighted by molar-refractivity contribution is -0.153. The summed E-state index contributed by atoms with van der Waals surface area (Å²) in [5.74, 6) is -3.60. The first-order valence-electron chi connectivity index (χ1n) is 4.91. The minimum absolute atomic E-state index is 0.0915. The number of halogens is 3. The van der Waals surface area contributed by atoms with Gasteiger partial charge in [0.1, 0.15) is 17.7 Å². The van der Waals surface area contributed by atoms with E-state index in [1.165, 1.54) is 6.92 Å². The van der Waals surface area contributed by atoms with Crippen LogP contribution in [0.4, 0.5) is 13.2 Å². The van der Waals surface area contributed by atoms with Gasteiger partial charge in [-0.1, -0.05) is 6.07 Å². The molecular formula is C11H11F3O3. The van der Waals surface area contributed by atoms with Gasteiger partial charge in [0.25, 0.3) is 0 Å². The summed E-state index contributed by atoms with van der Waals surface area (Å²) >= 11 is 0. The molecule has 2 unspecified atom stereocenters. The number of carbonyl (C=O) groups is 1. The van der Waals surface area contributed by atoms with Gasteiger partial charge < -0.3 is 9.84 Å². The monoisotopic (exact) mass is 248 g/mol. The molecule has 0 aliphatic rings. The van der Waals surface area contributed by atoms with E-state index < -0.39 is 35.4 Å². The van der Waals surface area contributed by atoms with E-state index in [4.69, 9.17) is 0 Å². The third-order valence-corrected chi connectivity index (χ3v) is 2.08. The zero-order chi connectivity index (χ0) is 13.0. The average molecular weight is 248 g/mol. The van der Waals surface area contributed by atoms with Gasteiger partial charge in [0.2, 0.25) is 6.17 Å². The van der Waals surface area contributed by atoms with Crippen molar-refractivity contribution in [1.29, 1.82) is 0 Å². The number of alkyl halides is 1. The lowest BCUT2D eigenvalue weighted by Gasteiger charge is -2.15. The normalized spacial score (nSPS) is 14.2. The van der Waals surface area contributed by atoms with Crippen LogP contribution in [0.5, 0.6) is 0 Å². The Bertz CT molecular complexity index is 389. The van der Waals surface area contributed by atoms with E-state index in [0.717, 1.165) is 18.2 Å². The molecule has 1 aromatic rings. The molecule has 0 heterocycles. The van der Waals surface area contributed by atoms with Crippen LogP contribution in [-0.2, 0) is 9.53 Å². The molecule has 0 aromatic heterocycles. The lowest BCUT2D eigenvalue weighted by atomic mass is 10.0. The molecule has 0 fully saturated rings. The largest absolute Gasteiger partial charge is 0.464 e. The van der Waals surface area contributed by atoms with Gasteiger partial charge in [-0.25, -0.2) is 18.0 Å². The summed E-state index contributed by atoms with van der Waals surface area (Å²) in [6.45, 7) is 1.35. The highest BCUT2D eigenvalue weighted by Crippen LogP contribution is 2.25. The standard InChI is InChI=1S/C11H11F3O3/c1-2-17-11(16)9(14)10(15)8-6(12)4-3-5-7(8)13/h3-5,9-10,15H,2H2,1H3. The van der Waals surface area contributed by atoms with Crippen LogP contribution in [0.1, 0.15) is 18.6 Å². The first kappa shape index (κ1) is 13.5. The first-order chi connectivity index (χ1) is 7.99. The molecule has 0 radical (unpaired) electrons. The number of esters is 1. The Balaban J connectivity index is 2.96. The Labute approximate surface area is 95.8 Å². The molecular weight excluding hydrogens is 237 g/mol. The first-order valence-corrected chi connectivity index (χ1v) is 4.91. The molecule has 0 spiro atoms. The van der Waals surface area contributed by atoms with Crippen LogP contribution in [0.3, 0.4) is 0 Å². The Hall–Kier alpha value is -1.56. The zero-order valence-electron chi connectivity index (χ0n) is 8.99. The van der Waals surface area contributed by atoms with Crippen LogP contribution in [0.2, 0.25) is 0 Å². The van der Waals surface area contributed by atoms with Crippen molar-refractivity contribution in [3.8, 4) is 0 Å². The van der Waals surface area contributed by atoms with E-state index in [2.05, 4.69) is 4.74 Å². The van der Waals surface area contributed by atoms with Gasteiger partial charge in [-0.3, -0.25) is 0 Å². The van der Waals surface area contributed by atoms with Gasteiger partial charge >= 0.3 is 5.97 Å². The number of rotatable bonds is 4. The second-order valence-electron chi connectivity index (χ2n) is 3.23. The number of hydrogen-bond acceptors (Lipinski definition) is 3. The highest BCUT2D eigenvalue weighted by atomic mass is 19.1. The van der Waals surface area contributed by atoms with Crippen molar-refractivity contribution in [2.45, 2.75) is 19.2 Å². The van der Waals surface area contributed by atoms with Crippen LogP contribution in [0, 0.1) is 11.6 Å². The van der Waals surface area contributed by atoms with Crippen molar-refractivity contribution in [2.24, 2.45) is 0 Å². The molecule has 0 aliphatic heterocycles. The molecule has 1 rings (SSSR count). The molecule has 17 heavy (non-hydrogen) atoms. The molecule has 0 saturated heterocycles. The van der Waals surface area contributed by atoms with Crippen molar-refractivity contribution >= 4 is 5.97 Å². The predicted molar refractivity (Wildman–Crippen MR) is 52.8 cm³/mol. The second kappa shape index (κ2) is 5.67. The van der Waals surface area contributed by atoms with Gasteiger partial charge in [0.05, 0.1) is 12.2 Å². The summed E-state index contributed by atoms with van der Waals surface area (Å²) in [6.07, 6.45) is -4.75. The summed E-state index contributed by atoms with van der Waals surface area (Å²) in [6, 6.07) is 2.79. The maximum Gasteiger partial charge on any atom is 0.343 e. The van der Waals surface area contributed by atoms with Gasteiger partial charge in [0, 0.05) is 0 Å². The molecule has 1 N–H and O–H groups in total. The van der Waals surface area contributed by atoms with Crippen LogP contribution in [0.25, 0.3) is 0 Å². The summed E-state index contributed by atoms with van der Waals surface area (Å²) < 4.78 is 44.1. The van der Waals surface area contributed by atoms with Gasteiger partial charge in [-0.05, 0) is 19.1 Å². The summed E-state index contributed by atoms with van der Waals surface area (Å²) in [7, 11) is 0. The highest BCUT2D eigenvalue weighted by Gasteiger charge is 2.32. The molecule has 3 nitrogen and oxygen atoms in total. The number of aliphatic hydroxyl groups is 1. The Morgan fingerprint density at radius 2 is 1.94 bits per heavy atom. The number of carbonyl (C=O) groups excluding carboxylic acids is 1. The fourth-order valence-electron chi connectivity index (χ4n) is 1.29. The number of hydrogen-bond donors (Lipinski definition) is 1. The fourth-order valence-corrected chi connectivity index (χ4v) is 1.29. The van der Waals surface area contributed by atoms with Gasteiger partial charge in [-0.2, -0.15) is 0 Å². The van der Waals surface area contributed by atoms with Crippen molar-refractivity contribution in [1.82, 2.24) is 0 Å². The van der Waals surface area contributed by atoms with E-state index >= 15 is 0 Å². The van der Waals surface area contributed by atoms with Crippen molar-refractivity contribution in [3.05, 3.63) is 35.4 Å².